The number of aryl methyl sites for hydroxylation is 1. The van der Waals surface area contributed by atoms with Gasteiger partial charge < -0.3 is 4.74 Å². The maximum Gasteiger partial charge on any atom is 0.388 e. The van der Waals surface area contributed by atoms with E-state index in [0.29, 0.717) is 35.8 Å². The zero-order valence-corrected chi connectivity index (χ0v) is 14.4. The summed E-state index contributed by atoms with van der Waals surface area (Å²) in [4.78, 5) is 15.7. The molecule has 0 saturated heterocycles. The molecule has 0 unspecified atom stereocenters. The van der Waals surface area contributed by atoms with Crippen molar-refractivity contribution in [2.45, 2.75) is 13.3 Å². The Balaban J connectivity index is 1.98. The molecular weight excluding hydrogens is 320 g/mol. The smallest absolute Gasteiger partial charge is 0.388 e. The summed E-state index contributed by atoms with van der Waals surface area (Å²) in [5, 5.41) is 8.94. The van der Waals surface area contributed by atoms with Gasteiger partial charge in [-0.25, -0.2) is 0 Å². The third-order valence-corrected chi connectivity index (χ3v) is 4.18. The number of ether oxygens (including phenoxy) is 1. The zero-order valence-electron chi connectivity index (χ0n) is 13.6. The molecule has 0 N–H and O–H groups in total. The fraction of sp³-hybridized carbons (Fsp3) is 0.211. The van der Waals surface area contributed by atoms with Gasteiger partial charge in [0, 0.05) is 17.4 Å². The molecule has 0 amide bonds. The first-order valence-corrected chi connectivity index (χ1v) is 8.56. The number of carbonyl (C=O) groups excluding carboxylic acids is 1. The van der Waals surface area contributed by atoms with Crippen LogP contribution in [0.3, 0.4) is 0 Å². The highest BCUT2D eigenvalue weighted by molar-refractivity contribution is 8.14. The van der Waals surface area contributed by atoms with Gasteiger partial charge in [0.15, 0.2) is 4.98 Å². The van der Waals surface area contributed by atoms with Crippen LogP contribution in [0.5, 0.6) is 5.75 Å². The Labute approximate surface area is 146 Å². The average molecular weight is 339 g/mol. The molecular formula is C19H19N2O2S+. The molecule has 0 aromatic heterocycles. The van der Waals surface area contributed by atoms with Crippen LogP contribution in [0, 0.1) is 5.39 Å². The van der Waals surface area contributed by atoms with Gasteiger partial charge in [-0.05, 0) is 31.1 Å². The first-order chi connectivity index (χ1) is 11.6. The Morgan fingerprint density at radius 2 is 1.92 bits per heavy atom. The van der Waals surface area contributed by atoms with Crippen molar-refractivity contribution in [1.82, 2.24) is 0 Å². The van der Waals surface area contributed by atoms with Crippen LogP contribution in [0.1, 0.15) is 22.8 Å². The van der Waals surface area contributed by atoms with E-state index in [4.69, 9.17) is 10.1 Å². The second-order valence-electron chi connectivity index (χ2n) is 5.36. The number of benzene rings is 2. The van der Waals surface area contributed by atoms with Crippen molar-refractivity contribution in [3.05, 3.63) is 76.8 Å². The summed E-state index contributed by atoms with van der Waals surface area (Å²) in [5.74, 6) is 1.17. The third kappa shape index (κ3) is 4.97. The van der Waals surface area contributed by atoms with E-state index in [2.05, 4.69) is 11.6 Å². The minimum Gasteiger partial charge on any atom is -0.488 e. The van der Waals surface area contributed by atoms with E-state index in [1.165, 1.54) is 11.8 Å². The molecule has 5 heteroatoms. The standard InChI is InChI=1S/C19H19N2O2S/c1-14(2)13-23-18-10-6-4-8-16(18)19(22)24-12-11-15-7-3-5-9-17(15)21-20/h3-10H,1,11-13H2,2H3/q+1. The van der Waals surface area contributed by atoms with Crippen LogP contribution >= 0.6 is 11.8 Å². The minimum absolute atomic E-state index is 0.0364. The van der Waals surface area contributed by atoms with Gasteiger partial charge in [0.1, 0.15) is 12.4 Å². The van der Waals surface area contributed by atoms with Gasteiger partial charge in [0.05, 0.1) is 5.56 Å². The molecule has 0 fully saturated rings. The fourth-order valence-corrected chi connectivity index (χ4v) is 2.94. The molecule has 2 aromatic carbocycles. The third-order valence-electron chi connectivity index (χ3n) is 3.28. The van der Waals surface area contributed by atoms with Crippen molar-refractivity contribution in [3.63, 3.8) is 0 Å². The summed E-state index contributed by atoms with van der Waals surface area (Å²) in [5.41, 5.74) is 2.90. The Kier molecular flexibility index (Phi) is 6.59. The van der Waals surface area contributed by atoms with Crippen molar-refractivity contribution in [2.75, 3.05) is 12.4 Å². The van der Waals surface area contributed by atoms with Gasteiger partial charge in [0.2, 0.25) is 10.5 Å². The Bertz CT molecular complexity index is 781. The van der Waals surface area contributed by atoms with Crippen molar-refractivity contribution >= 4 is 22.6 Å². The highest BCUT2D eigenvalue weighted by Gasteiger charge is 2.15. The number of para-hydroxylation sites is 1. The van der Waals surface area contributed by atoms with Crippen LogP contribution in [0.25, 0.3) is 4.98 Å². The van der Waals surface area contributed by atoms with E-state index in [1.54, 1.807) is 18.2 Å². The lowest BCUT2D eigenvalue weighted by molar-refractivity contribution is 0.108. The molecule has 0 aliphatic carbocycles. The lowest BCUT2D eigenvalue weighted by Gasteiger charge is -2.10. The molecule has 122 valence electrons. The van der Waals surface area contributed by atoms with Crippen molar-refractivity contribution in [1.29, 1.82) is 5.39 Å². The molecule has 0 heterocycles. The number of nitrogens with zero attached hydrogens (tertiary/aromatic N) is 2. The maximum atomic E-state index is 12.4. The van der Waals surface area contributed by atoms with Crippen LogP contribution < -0.4 is 4.74 Å². The Hall–Kier alpha value is -2.58. The van der Waals surface area contributed by atoms with E-state index in [9.17, 15) is 4.79 Å². The van der Waals surface area contributed by atoms with E-state index in [-0.39, 0.29) is 5.12 Å². The molecule has 0 aliphatic rings. The lowest BCUT2D eigenvalue weighted by atomic mass is 10.1. The van der Waals surface area contributed by atoms with Crippen LogP contribution in [0.4, 0.5) is 5.69 Å². The van der Waals surface area contributed by atoms with Gasteiger partial charge >= 0.3 is 5.69 Å². The Morgan fingerprint density at radius 3 is 2.67 bits per heavy atom. The zero-order chi connectivity index (χ0) is 17.4. The van der Waals surface area contributed by atoms with Crippen LogP contribution in [-0.4, -0.2) is 17.5 Å². The normalized spacial score (nSPS) is 10.0. The number of hydrogen-bond acceptors (Lipinski definition) is 4. The van der Waals surface area contributed by atoms with Crippen molar-refractivity contribution < 1.29 is 9.53 Å². The summed E-state index contributed by atoms with van der Waals surface area (Å²) < 4.78 is 5.64. The number of rotatable bonds is 7. The summed E-state index contributed by atoms with van der Waals surface area (Å²) in [7, 11) is 0. The highest BCUT2D eigenvalue weighted by Crippen LogP contribution is 2.25. The molecule has 0 aliphatic heterocycles. The van der Waals surface area contributed by atoms with Gasteiger partial charge in [-0.3, -0.25) is 4.79 Å². The van der Waals surface area contributed by atoms with Crippen LogP contribution in [0.2, 0.25) is 0 Å². The largest absolute Gasteiger partial charge is 0.488 e. The van der Waals surface area contributed by atoms with Gasteiger partial charge in [-0.1, -0.05) is 48.7 Å². The van der Waals surface area contributed by atoms with Gasteiger partial charge in [0.25, 0.3) is 0 Å². The molecule has 0 bridgehead atoms. The molecule has 4 nitrogen and oxygen atoms in total. The molecule has 0 saturated carbocycles. The molecule has 0 spiro atoms. The van der Waals surface area contributed by atoms with E-state index in [0.717, 1.165) is 11.1 Å². The SMILES string of the molecule is C=C(C)COc1ccccc1C(=O)SCCc1ccccc1[N+]#N. The number of diazo groups is 1. The van der Waals surface area contributed by atoms with Crippen molar-refractivity contribution in [2.24, 2.45) is 0 Å². The predicted octanol–water partition coefficient (Wildman–Crippen LogP) is 5.24. The second-order valence-corrected chi connectivity index (χ2v) is 6.42. The quantitative estimate of drug-likeness (QED) is 0.511. The summed E-state index contributed by atoms with van der Waals surface area (Å²) in [6.07, 6.45) is 0.644. The van der Waals surface area contributed by atoms with Crippen molar-refractivity contribution in [3.8, 4) is 5.75 Å². The van der Waals surface area contributed by atoms with E-state index in [1.807, 2.05) is 37.3 Å². The first-order valence-electron chi connectivity index (χ1n) is 7.58. The highest BCUT2D eigenvalue weighted by atomic mass is 32.2. The molecule has 0 atom stereocenters. The van der Waals surface area contributed by atoms with Gasteiger partial charge in [-0.15, -0.1) is 0 Å². The summed E-state index contributed by atoms with van der Waals surface area (Å²) in [6.45, 7) is 6.07. The maximum absolute atomic E-state index is 12.4. The number of hydrogen-bond donors (Lipinski definition) is 0. The van der Waals surface area contributed by atoms with E-state index < -0.39 is 0 Å². The lowest BCUT2D eigenvalue weighted by Crippen LogP contribution is -2.04. The number of thioether (sulfide) groups is 1. The monoisotopic (exact) mass is 339 g/mol. The Morgan fingerprint density at radius 1 is 1.21 bits per heavy atom. The topological polar surface area (TPSA) is 54.5 Å². The molecule has 0 radical (unpaired) electrons. The first kappa shape index (κ1) is 17.8. The molecule has 2 rings (SSSR count). The molecule has 2 aromatic rings. The molecule has 24 heavy (non-hydrogen) atoms. The summed E-state index contributed by atoms with van der Waals surface area (Å²) >= 11 is 1.23. The fourth-order valence-electron chi connectivity index (χ4n) is 2.11. The van der Waals surface area contributed by atoms with Crippen LogP contribution in [-0.2, 0) is 6.42 Å². The second kappa shape index (κ2) is 8.90. The van der Waals surface area contributed by atoms with E-state index >= 15 is 0 Å². The number of carbonyl (C=O) groups is 1. The van der Waals surface area contributed by atoms with Gasteiger partial charge in [-0.2, -0.15) is 0 Å². The summed E-state index contributed by atoms with van der Waals surface area (Å²) in [6, 6.07) is 14.5. The van der Waals surface area contributed by atoms with Crippen LogP contribution in [0.15, 0.2) is 60.7 Å². The predicted molar refractivity (Wildman–Crippen MR) is 98.4 cm³/mol. The average Bonchev–Trinajstić information content (AvgIpc) is 2.60. The minimum atomic E-state index is -0.0364.